The van der Waals surface area contributed by atoms with Crippen LogP contribution >= 0.6 is 0 Å². The van der Waals surface area contributed by atoms with Crippen LogP contribution in [0.2, 0.25) is 0 Å². The first-order valence-electron chi connectivity index (χ1n) is 10.5. The summed E-state index contributed by atoms with van der Waals surface area (Å²) in [4.78, 5) is 30.1. The zero-order valence-electron chi connectivity index (χ0n) is 18.0. The second kappa shape index (κ2) is 9.31. The molecular weight excluding hydrogens is 368 g/mol. The minimum Gasteiger partial charge on any atom is -0.461 e. The van der Waals surface area contributed by atoms with Crippen molar-refractivity contribution in [2.45, 2.75) is 47.3 Å². The van der Waals surface area contributed by atoms with E-state index in [-0.39, 0.29) is 5.69 Å². The summed E-state index contributed by atoms with van der Waals surface area (Å²) < 4.78 is 8.52. The maximum absolute atomic E-state index is 12.8. The Balaban J connectivity index is 1.81. The van der Waals surface area contributed by atoms with Gasteiger partial charge in [-0.3, -0.25) is 14.0 Å². The molecule has 1 saturated heterocycles. The van der Waals surface area contributed by atoms with Crippen molar-refractivity contribution in [3.63, 3.8) is 0 Å². The van der Waals surface area contributed by atoms with Gasteiger partial charge in [-0.1, -0.05) is 18.2 Å². The molecule has 2 heterocycles. The third kappa shape index (κ3) is 4.24. The van der Waals surface area contributed by atoms with Gasteiger partial charge in [0.25, 0.3) is 0 Å². The topological polar surface area (TPSA) is 59.7 Å². The minimum absolute atomic E-state index is 0.133. The SMILES string of the molecule is CCOC(=O)c1c(CN2CCN(c3ccccc3C)CC2)n(CC)c(=O)n1CC. The van der Waals surface area contributed by atoms with Crippen molar-refractivity contribution in [2.24, 2.45) is 0 Å². The van der Waals surface area contributed by atoms with E-state index in [4.69, 9.17) is 4.74 Å². The van der Waals surface area contributed by atoms with Crippen LogP contribution in [0.1, 0.15) is 42.5 Å². The molecule has 7 nitrogen and oxygen atoms in total. The van der Waals surface area contributed by atoms with E-state index >= 15 is 0 Å². The lowest BCUT2D eigenvalue weighted by Crippen LogP contribution is -2.46. The van der Waals surface area contributed by atoms with E-state index in [9.17, 15) is 9.59 Å². The number of esters is 1. The third-order valence-corrected chi connectivity index (χ3v) is 5.63. The Morgan fingerprint density at radius 2 is 1.66 bits per heavy atom. The molecule has 1 aliphatic rings. The molecule has 29 heavy (non-hydrogen) atoms. The molecule has 0 aliphatic carbocycles. The number of aryl methyl sites for hydroxylation is 1. The number of carbonyl (C=O) groups excluding carboxylic acids is 1. The third-order valence-electron chi connectivity index (χ3n) is 5.63. The maximum Gasteiger partial charge on any atom is 0.356 e. The Hall–Kier alpha value is -2.54. The van der Waals surface area contributed by atoms with Gasteiger partial charge in [-0.15, -0.1) is 0 Å². The molecule has 0 N–H and O–H groups in total. The van der Waals surface area contributed by atoms with Gasteiger partial charge in [-0.2, -0.15) is 0 Å². The number of anilines is 1. The molecule has 0 unspecified atom stereocenters. The van der Waals surface area contributed by atoms with Crippen molar-refractivity contribution < 1.29 is 9.53 Å². The van der Waals surface area contributed by atoms with E-state index < -0.39 is 5.97 Å². The Morgan fingerprint density at radius 3 is 2.24 bits per heavy atom. The summed E-state index contributed by atoms with van der Waals surface area (Å²) in [5.41, 5.74) is 3.60. The number of carbonyl (C=O) groups is 1. The number of para-hydroxylation sites is 1. The second-order valence-corrected chi connectivity index (χ2v) is 7.34. The molecular formula is C22H32N4O3. The number of nitrogens with zero attached hydrogens (tertiary/aromatic N) is 4. The van der Waals surface area contributed by atoms with Crippen LogP contribution < -0.4 is 10.6 Å². The van der Waals surface area contributed by atoms with E-state index in [0.29, 0.717) is 31.9 Å². The molecule has 1 aromatic carbocycles. The molecule has 0 spiro atoms. The van der Waals surface area contributed by atoms with Gasteiger partial charge in [0.2, 0.25) is 0 Å². The summed E-state index contributed by atoms with van der Waals surface area (Å²) in [7, 11) is 0. The highest BCUT2D eigenvalue weighted by Crippen LogP contribution is 2.22. The Bertz CT molecular complexity index is 907. The predicted molar refractivity (Wildman–Crippen MR) is 115 cm³/mol. The summed E-state index contributed by atoms with van der Waals surface area (Å²) in [5, 5.41) is 0. The normalized spacial score (nSPS) is 15.0. The first kappa shape index (κ1) is 21.2. The van der Waals surface area contributed by atoms with Crippen molar-refractivity contribution in [1.29, 1.82) is 0 Å². The lowest BCUT2D eigenvalue weighted by Gasteiger charge is -2.36. The summed E-state index contributed by atoms with van der Waals surface area (Å²) in [6.45, 7) is 13.2. The first-order chi connectivity index (χ1) is 14.0. The van der Waals surface area contributed by atoms with Crippen LogP contribution in [0.3, 0.4) is 0 Å². The minimum atomic E-state index is -0.410. The summed E-state index contributed by atoms with van der Waals surface area (Å²) in [6.07, 6.45) is 0. The quantitative estimate of drug-likeness (QED) is 0.669. The average Bonchev–Trinajstić information content (AvgIpc) is 2.99. The molecule has 1 aromatic heterocycles. The summed E-state index contributed by atoms with van der Waals surface area (Å²) in [6, 6.07) is 8.45. The van der Waals surface area contributed by atoms with Crippen LogP contribution in [0.25, 0.3) is 0 Å². The highest BCUT2D eigenvalue weighted by molar-refractivity contribution is 5.89. The highest BCUT2D eigenvalue weighted by Gasteiger charge is 2.27. The van der Waals surface area contributed by atoms with E-state index in [0.717, 1.165) is 31.9 Å². The van der Waals surface area contributed by atoms with Crippen molar-refractivity contribution in [1.82, 2.24) is 14.0 Å². The number of imidazole rings is 1. The monoisotopic (exact) mass is 400 g/mol. The predicted octanol–water partition coefficient (Wildman–Crippen LogP) is 2.50. The van der Waals surface area contributed by atoms with Gasteiger partial charge >= 0.3 is 11.7 Å². The fraction of sp³-hybridized carbons (Fsp3) is 0.545. The van der Waals surface area contributed by atoms with Gasteiger partial charge in [0.15, 0.2) is 5.69 Å². The standard InChI is InChI=1S/C22H32N4O3/c1-5-25-19(20(21(27)29-7-3)26(6-2)22(25)28)16-23-12-14-24(15-13-23)18-11-9-8-10-17(18)4/h8-11H,5-7,12-16H2,1-4H3. The molecule has 7 heteroatoms. The molecule has 2 aromatic rings. The van der Waals surface area contributed by atoms with Crippen LogP contribution in [-0.4, -0.2) is 52.8 Å². The average molecular weight is 401 g/mol. The van der Waals surface area contributed by atoms with Crippen LogP contribution in [0, 0.1) is 6.92 Å². The highest BCUT2D eigenvalue weighted by atomic mass is 16.5. The number of aromatic nitrogens is 2. The maximum atomic E-state index is 12.8. The van der Waals surface area contributed by atoms with Crippen molar-refractivity contribution in [3.8, 4) is 0 Å². The Morgan fingerprint density at radius 1 is 1.00 bits per heavy atom. The fourth-order valence-corrected chi connectivity index (χ4v) is 4.12. The van der Waals surface area contributed by atoms with E-state index in [1.54, 1.807) is 16.1 Å². The molecule has 158 valence electrons. The van der Waals surface area contributed by atoms with E-state index in [1.165, 1.54) is 11.3 Å². The van der Waals surface area contributed by atoms with Crippen molar-refractivity contribution in [2.75, 3.05) is 37.7 Å². The van der Waals surface area contributed by atoms with Gasteiger partial charge < -0.3 is 9.64 Å². The molecule has 0 atom stereocenters. The molecule has 0 radical (unpaired) electrons. The lowest BCUT2D eigenvalue weighted by atomic mass is 10.1. The van der Waals surface area contributed by atoms with Crippen LogP contribution in [0.5, 0.6) is 0 Å². The van der Waals surface area contributed by atoms with Crippen LogP contribution in [0.15, 0.2) is 29.1 Å². The van der Waals surface area contributed by atoms with E-state index in [2.05, 4.69) is 41.0 Å². The Labute approximate surface area is 172 Å². The first-order valence-corrected chi connectivity index (χ1v) is 10.5. The number of benzene rings is 1. The number of ether oxygens (including phenoxy) is 1. The fourth-order valence-electron chi connectivity index (χ4n) is 4.12. The largest absolute Gasteiger partial charge is 0.461 e. The number of hydrogen-bond donors (Lipinski definition) is 0. The van der Waals surface area contributed by atoms with Crippen LogP contribution in [-0.2, 0) is 24.4 Å². The van der Waals surface area contributed by atoms with Gasteiger partial charge in [0.05, 0.1) is 12.3 Å². The van der Waals surface area contributed by atoms with Gasteiger partial charge in [-0.25, -0.2) is 9.59 Å². The number of rotatable bonds is 7. The molecule has 1 fully saturated rings. The molecule has 0 bridgehead atoms. The van der Waals surface area contributed by atoms with Gasteiger partial charge in [0.1, 0.15) is 0 Å². The van der Waals surface area contributed by atoms with Crippen LogP contribution in [0.4, 0.5) is 5.69 Å². The molecule has 0 saturated carbocycles. The van der Waals surface area contributed by atoms with E-state index in [1.807, 2.05) is 13.8 Å². The molecule has 1 aliphatic heterocycles. The van der Waals surface area contributed by atoms with Crippen molar-refractivity contribution >= 4 is 11.7 Å². The Kier molecular flexibility index (Phi) is 6.79. The zero-order valence-corrected chi connectivity index (χ0v) is 18.0. The number of piperazine rings is 1. The van der Waals surface area contributed by atoms with Gasteiger partial charge in [0, 0.05) is 51.5 Å². The summed E-state index contributed by atoms with van der Waals surface area (Å²) >= 11 is 0. The summed E-state index contributed by atoms with van der Waals surface area (Å²) in [5.74, 6) is -0.410. The zero-order chi connectivity index (χ0) is 21.0. The number of hydrogen-bond acceptors (Lipinski definition) is 5. The second-order valence-electron chi connectivity index (χ2n) is 7.34. The smallest absolute Gasteiger partial charge is 0.356 e. The van der Waals surface area contributed by atoms with Crippen molar-refractivity contribution in [3.05, 3.63) is 51.7 Å². The molecule has 3 rings (SSSR count). The molecule has 0 amide bonds. The van der Waals surface area contributed by atoms with Gasteiger partial charge in [-0.05, 0) is 39.3 Å². The lowest BCUT2D eigenvalue weighted by molar-refractivity contribution is 0.0510.